The van der Waals surface area contributed by atoms with Crippen molar-refractivity contribution < 1.29 is 22.4 Å². The van der Waals surface area contributed by atoms with E-state index in [0.717, 1.165) is 11.6 Å². The highest BCUT2D eigenvalue weighted by Gasteiger charge is 2.44. The number of nitrogens with zero attached hydrogens (tertiary/aromatic N) is 2. The number of hydrogen-bond acceptors (Lipinski definition) is 2. The molecule has 4 aromatic rings. The summed E-state index contributed by atoms with van der Waals surface area (Å²) in [5, 5.41) is -0.427. The van der Waals surface area contributed by atoms with Gasteiger partial charge in [-0.25, -0.2) is 9.37 Å². The number of hydrogen-bond donors (Lipinski definition) is 1. The summed E-state index contributed by atoms with van der Waals surface area (Å²) in [6.45, 7) is 4.11. The Morgan fingerprint density at radius 2 is 1.86 bits per heavy atom. The maximum absolute atomic E-state index is 14.7. The second-order valence-electron chi connectivity index (χ2n) is 9.30. The maximum Gasteiger partial charge on any atom is 0.417 e. The number of likely N-dealkylation sites (tertiary alicyclic amines) is 1. The lowest BCUT2D eigenvalue weighted by atomic mass is 9.93. The molecule has 4 nitrogen and oxygen atoms in total. The van der Waals surface area contributed by atoms with Crippen LogP contribution in [0.15, 0.2) is 54.6 Å². The summed E-state index contributed by atoms with van der Waals surface area (Å²) in [6.07, 6.45) is -3.38. The quantitative estimate of drug-likeness (QED) is 0.287. The first-order chi connectivity index (χ1) is 17.0. The molecule has 1 N–H and O–H groups in total. The van der Waals surface area contributed by atoms with Gasteiger partial charge in [0.2, 0.25) is 0 Å². The minimum absolute atomic E-state index is 0.116. The first kappa shape index (κ1) is 24.3. The largest absolute Gasteiger partial charge is 0.417 e. The first-order valence-corrected chi connectivity index (χ1v) is 11.8. The molecule has 1 aliphatic rings. The van der Waals surface area contributed by atoms with Crippen LogP contribution in [0.4, 0.5) is 17.6 Å². The van der Waals surface area contributed by atoms with E-state index < -0.39 is 28.1 Å². The predicted molar refractivity (Wildman–Crippen MR) is 130 cm³/mol. The molecule has 1 aromatic heterocycles. The van der Waals surface area contributed by atoms with Crippen molar-refractivity contribution >= 4 is 28.5 Å². The Kier molecular flexibility index (Phi) is 5.82. The zero-order valence-corrected chi connectivity index (χ0v) is 20.3. The molecule has 1 aliphatic heterocycles. The number of aromatic amines is 1. The molecule has 0 bridgehead atoms. The van der Waals surface area contributed by atoms with Crippen LogP contribution in [-0.2, 0) is 11.7 Å². The first-order valence-electron chi connectivity index (χ1n) is 11.4. The van der Waals surface area contributed by atoms with Crippen LogP contribution in [0.25, 0.3) is 22.2 Å². The molecule has 0 spiro atoms. The highest BCUT2D eigenvalue weighted by molar-refractivity contribution is 6.32. The van der Waals surface area contributed by atoms with Crippen molar-refractivity contribution in [2.75, 3.05) is 6.54 Å². The third kappa shape index (κ3) is 4.03. The van der Waals surface area contributed by atoms with Crippen molar-refractivity contribution in [3.63, 3.8) is 0 Å². The number of H-pyrrole nitrogens is 1. The lowest BCUT2D eigenvalue weighted by Gasteiger charge is -2.34. The van der Waals surface area contributed by atoms with Gasteiger partial charge in [-0.3, -0.25) is 4.79 Å². The SMILES string of the molecule is Cc1ccc(-c2ccccc2F)c(C(=O)N2CCCC2(C)c2nc3cc(C(F)(F)F)c(Cl)cc3[nH]2)c1. The Morgan fingerprint density at radius 3 is 2.58 bits per heavy atom. The van der Waals surface area contributed by atoms with Gasteiger partial charge in [-0.2, -0.15) is 13.2 Å². The monoisotopic (exact) mass is 515 g/mol. The van der Waals surface area contributed by atoms with Crippen molar-refractivity contribution in [2.45, 2.75) is 38.4 Å². The van der Waals surface area contributed by atoms with Crippen LogP contribution in [0.2, 0.25) is 5.02 Å². The van der Waals surface area contributed by atoms with E-state index in [0.29, 0.717) is 47.4 Å². The minimum atomic E-state index is -4.61. The Hall–Kier alpha value is -3.39. The molecule has 0 aliphatic carbocycles. The van der Waals surface area contributed by atoms with Gasteiger partial charge < -0.3 is 9.88 Å². The summed E-state index contributed by atoms with van der Waals surface area (Å²) in [4.78, 5) is 23.1. The molecule has 1 unspecified atom stereocenters. The molecule has 0 saturated carbocycles. The van der Waals surface area contributed by atoms with E-state index in [-0.39, 0.29) is 11.4 Å². The summed E-state index contributed by atoms with van der Waals surface area (Å²) < 4.78 is 54.7. The average molecular weight is 516 g/mol. The predicted octanol–water partition coefficient (Wildman–Crippen LogP) is 7.50. The lowest BCUT2D eigenvalue weighted by molar-refractivity contribution is -0.137. The molecular formula is C27H22ClF4N3O. The third-order valence-electron chi connectivity index (χ3n) is 6.84. The lowest BCUT2D eigenvalue weighted by Crippen LogP contribution is -2.43. The molecule has 9 heteroatoms. The summed E-state index contributed by atoms with van der Waals surface area (Å²) >= 11 is 5.89. The maximum atomic E-state index is 14.7. The topological polar surface area (TPSA) is 49.0 Å². The number of alkyl halides is 3. The molecule has 5 rings (SSSR count). The van der Waals surface area contributed by atoms with Gasteiger partial charge in [-0.05, 0) is 56.5 Å². The molecule has 3 aromatic carbocycles. The van der Waals surface area contributed by atoms with Gasteiger partial charge in [0.15, 0.2) is 0 Å². The number of benzene rings is 3. The Morgan fingerprint density at radius 1 is 1.11 bits per heavy atom. The highest BCUT2D eigenvalue weighted by atomic mass is 35.5. The molecule has 2 heterocycles. The van der Waals surface area contributed by atoms with E-state index in [1.165, 1.54) is 12.1 Å². The van der Waals surface area contributed by atoms with Crippen LogP contribution in [0.3, 0.4) is 0 Å². The minimum Gasteiger partial charge on any atom is -0.340 e. The summed E-state index contributed by atoms with van der Waals surface area (Å²) in [6, 6.07) is 13.7. The van der Waals surface area contributed by atoms with Crippen molar-refractivity contribution in [1.82, 2.24) is 14.9 Å². The Balaban J connectivity index is 1.58. The fraction of sp³-hybridized carbons (Fsp3) is 0.259. The van der Waals surface area contributed by atoms with Crippen molar-refractivity contribution in [1.29, 1.82) is 0 Å². The van der Waals surface area contributed by atoms with E-state index in [9.17, 15) is 22.4 Å². The van der Waals surface area contributed by atoms with Crippen molar-refractivity contribution in [3.8, 4) is 11.1 Å². The Labute approximate surface area is 209 Å². The van der Waals surface area contributed by atoms with Gasteiger partial charge in [0.05, 0.1) is 27.2 Å². The van der Waals surface area contributed by atoms with Crippen LogP contribution in [0, 0.1) is 12.7 Å². The fourth-order valence-corrected chi connectivity index (χ4v) is 5.20. The molecule has 36 heavy (non-hydrogen) atoms. The Bertz CT molecular complexity index is 1500. The van der Waals surface area contributed by atoms with Crippen LogP contribution < -0.4 is 0 Å². The number of aromatic nitrogens is 2. The van der Waals surface area contributed by atoms with E-state index in [4.69, 9.17) is 11.6 Å². The van der Waals surface area contributed by atoms with Crippen LogP contribution in [-0.4, -0.2) is 27.3 Å². The van der Waals surface area contributed by atoms with Gasteiger partial charge in [-0.15, -0.1) is 0 Å². The van der Waals surface area contributed by atoms with E-state index in [1.54, 1.807) is 35.2 Å². The zero-order chi connectivity index (χ0) is 25.8. The third-order valence-corrected chi connectivity index (χ3v) is 7.15. The smallest absolute Gasteiger partial charge is 0.340 e. The summed E-state index contributed by atoms with van der Waals surface area (Å²) in [7, 11) is 0. The molecule has 186 valence electrons. The van der Waals surface area contributed by atoms with Gasteiger partial charge >= 0.3 is 6.18 Å². The van der Waals surface area contributed by atoms with Crippen molar-refractivity contribution in [3.05, 3.63) is 88.0 Å². The number of fused-ring (bicyclic) bond motifs is 1. The van der Waals surface area contributed by atoms with Crippen molar-refractivity contribution in [2.24, 2.45) is 0 Å². The van der Waals surface area contributed by atoms with E-state index in [1.807, 2.05) is 19.9 Å². The summed E-state index contributed by atoms with van der Waals surface area (Å²) in [5.41, 5.74) is 0.592. The molecule has 1 fully saturated rings. The molecule has 0 radical (unpaired) electrons. The molecule has 1 atom stereocenters. The normalized spacial score (nSPS) is 18.2. The second-order valence-corrected chi connectivity index (χ2v) is 9.70. The standard InChI is InChI=1S/C27H22ClF4N3O/c1-15-8-9-16(17-6-3-4-7-21(17)29)18(12-15)24(36)35-11-5-10-26(35,2)25-33-22-13-19(27(30,31)32)20(28)14-23(22)34-25/h3-4,6-9,12-14H,5,10-11H2,1-2H3,(H,33,34). The molecule has 1 amide bonds. The highest BCUT2D eigenvalue weighted by Crippen LogP contribution is 2.42. The number of aryl methyl sites for hydroxylation is 1. The van der Waals surface area contributed by atoms with Crippen LogP contribution >= 0.6 is 11.6 Å². The average Bonchev–Trinajstić information content (AvgIpc) is 3.42. The summed E-state index contributed by atoms with van der Waals surface area (Å²) in [5.74, 6) is -0.362. The number of halogens is 5. The number of carbonyl (C=O) groups excluding carboxylic acids is 1. The fourth-order valence-electron chi connectivity index (χ4n) is 4.93. The number of rotatable bonds is 3. The van der Waals surface area contributed by atoms with Crippen LogP contribution in [0.1, 0.15) is 47.1 Å². The number of carbonyl (C=O) groups is 1. The number of amides is 1. The molecular weight excluding hydrogens is 494 g/mol. The number of nitrogens with one attached hydrogen (secondary N) is 1. The van der Waals surface area contributed by atoms with Gasteiger partial charge in [-0.1, -0.05) is 47.5 Å². The van der Waals surface area contributed by atoms with E-state index in [2.05, 4.69) is 9.97 Å². The second kappa shape index (κ2) is 8.62. The molecule has 1 saturated heterocycles. The van der Waals surface area contributed by atoms with E-state index >= 15 is 0 Å². The number of imidazole rings is 1. The van der Waals surface area contributed by atoms with Gasteiger partial charge in [0.1, 0.15) is 11.6 Å². The van der Waals surface area contributed by atoms with Crippen LogP contribution in [0.5, 0.6) is 0 Å². The zero-order valence-electron chi connectivity index (χ0n) is 19.5. The van der Waals surface area contributed by atoms with Gasteiger partial charge in [0, 0.05) is 17.7 Å². The van der Waals surface area contributed by atoms with Gasteiger partial charge in [0.25, 0.3) is 5.91 Å².